The molecule has 0 saturated heterocycles. The Bertz CT molecular complexity index is 287. The summed E-state index contributed by atoms with van der Waals surface area (Å²) >= 11 is 0. The molecule has 0 spiro atoms. The van der Waals surface area contributed by atoms with Gasteiger partial charge in [0.15, 0.2) is 0 Å². The second-order valence-corrected chi connectivity index (χ2v) is 2.46. The van der Waals surface area contributed by atoms with Gasteiger partial charge in [0.05, 0.1) is 5.69 Å². The predicted octanol–water partition coefficient (Wildman–Crippen LogP) is 3.69. The number of benzene rings is 1. The molecule has 0 aromatic heterocycles. The number of rotatable bonds is 2. The fourth-order valence-corrected chi connectivity index (χ4v) is 0.972. The molecule has 1 aromatic carbocycles. The lowest BCUT2D eigenvalue weighted by Gasteiger charge is -2.02. The van der Waals surface area contributed by atoms with Gasteiger partial charge in [-0.1, -0.05) is 32.2 Å². The summed E-state index contributed by atoms with van der Waals surface area (Å²) < 4.78 is 0. The van der Waals surface area contributed by atoms with Crippen molar-refractivity contribution in [3.8, 4) is 0 Å². The van der Waals surface area contributed by atoms with E-state index in [-0.39, 0.29) is 7.43 Å². The Morgan fingerprint density at radius 3 is 2.33 bits per heavy atom. The van der Waals surface area contributed by atoms with Crippen molar-refractivity contribution in [1.82, 2.24) is 0 Å². The maximum Gasteiger partial charge on any atom is 0.0697 e. The first-order chi connectivity index (χ1) is 5.25. The molecule has 0 fully saturated rings. The zero-order valence-electron chi connectivity index (χ0n) is 6.67. The summed E-state index contributed by atoms with van der Waals surface area (Å²) in [6.07, 6.45) is 0. The van der Waals surface area contributed by atoms with Crippen LogP contribution >= 0.6 is 0 Å². The fraction of sp³-hybridized carbons (Fsp3) is 0.182. The summed E-state index contributed by atoms with van der Waals surface area (Å²) in [5.74, 6) is 0. The Morgan fingerprint density at radius 2 is 1.92 bits per heavy atom. The molecule has 12 heavy (non-hydrogen) atoms. The third kappa shape index (κ3) is 2.06. The largest absolute Gasteiger partial charge is 0.264 e. The zero-order valence-corrected chi connectivity index (χ0v) is 6.67. The summed E-state index contributed by atoms with van der Waals surface area (Å²) in [6.45, 7) is 9.29. The molecule has 0 aliphatic heterocycles. The van der Waals surface area contributed by atoms with Crippen LogP contribution in [0, 0.1) is 0 Å². The standard InChI is InChI=1S/C10H11N.CH4/c1-8(2)9-6-4-5-7-10(9)11-3;/h4-7H,1,3H2,2H3;1H4. The maximum absolute atomic E-state index is 3.88. The lowest BCUT2D eigenvalue weighted by atomic mass is 10.1. The molecule has 0 amide bonds. The second-order valence-electron chi connectivity index (χ2n) is 2.46. The molecule has 0 N–H and O–H groups in total. The van der Waals surface area contributed by atoms with Gasteiger partial charge in [0.2, 0.25) is 0 Å². The molecule has 64 valence electrons. The number of para-hydroxylation sites is 1. The molecule has 1 rings (SSSR count). The average molecular weight is 161 g/mol. The van der Waals surface area contributed by atoms with E-state index in [1.165, 1.54) is 0 Å². The van der Waals surface area contributed by atoms with Gasteiger partial charge in [-0.15, -0.1) is 0 Å². The normalized spacial score (nSPS) is 8.42. The van der Waals surface area contributed by atoms with Crippen molar-refractivity contribution >= 4 is 18.0 Å². The minimum atomic E-state index is 0. The highest BCUT2D eigenvalue weighted by Gasteiger charge is 1.97. The van der Waals surface area contributed by atoms with Gasteiger partial charge in [-0.2, -0.15) is 0 Å². The average Bonchev–Trinajstić information content (AvgIpc) is 2.04. The van der Waals surface area contributed by atoms with Crippen molar-refractivity contribution in [2.75, 3.05) is 0 Å². The van der Waals surface area contributed by atoms with Crippen LogP contribution in [0.15, 0.2) is 35.8 Å². The second kappa shape index (κ2) is 4.50. The number of aliphatic imine (C=N–C) groups is 1. The Balaban J connectivity index is 0.00000121. The van der Waals surface area contributed by atoms with Gasteiger partial charge < -0.3 is 0 Å². The van der Waals surface area contributed by atoms with E-state index in [1.54, 1.807) is 0 Å². The SMILES string of the molecule is C.C=Nc1ccccc1C(=C)C. The minimum Gasteiger partial charge on any atom is -0.264 e. The Labute approximate surface area is 74.5 Å². The predicted molar refractivity (Wildman–Crippen MR) is 57.1 cm³/mol. The molecule has 0 radical (unpaired) electrons. The van der Waals surface area contributed by atoms with Crippen LogP contribution in [0.1, 0.15) is 19.9 Å². The van der Waals surface area contributed by atoms with E-state index in [0.29, 0.717) is 0 Å². The summed E-state index contributed by atoms with van der Waals surface area (Å²) in [4.78, 5) is 3.88. The summed E-state index contributed by atoms with van der Waals surface area (Å²) in [6, 6.07) is 7.83. The molecular weight excluding hydrogens is 146 g/mol. The van der Waals surface area contributed by atoms with E-state index in [9.17, 15) is 0 Å². The quantitative estimate of drug-likeness (QED) is 0.586. The van der Waals surface area contributed by atoms with Gasteiger partial charge in [0.1, 0.15) is 0 Å². The van der Waals surface area contributed by atoms with Crippen molar-refractivity contribution in [2.45, 2.75) is 14.4 Å². The summed E-state index contributed by atoms with van der Waals surface area (Å²) in [7, 11) is 0. The summed E-state index contributed by atoms with van der Waals surface area (Å²) in [5, 5.41) is 0. The molecule has 0 heterocycles. The number of hydrogen-bond acceptors (Lipinski definition) is 1. The van der Waals surface area contributed by atoms with Gasteiger partial charge in [-0.05, 0) is 25.3 Å². The zero-order chi connectivity index (χ0) is 8.27. The van der Waals surface area contributed by atoms with Gasteiger partial charge >= 0.3 is 0 Å². The Morgan fingerprint density at radius 1 is 1.33 bits per heavy atom. The van der Waals surface area contributed by atoms with Crippen LogP contribution in [0.2, 0.25) is 0 Å². The van der Waals surface area contributed by atoms with Crippen LogP contribution in [0.5, 0.6) is 0 Å². The smallest absolute Gasteiger partial charge is 0.0697 e. The van der Waals surface area contributed by atoms with E-state index in [4.69, 9.17) is 0 Å². The van der Waals surface area contributed by atoms with Gasteiger partial charge in [0, 0.05) is 5.56 Å². The van der Waals surface area contributed by atoms with E-state index >= 15 is 0 Å². The van der Waals surface area contributed by atoms with Crippen LogP contribution in [-0.2, 0) is 0 Å². The third-order valence-corrected chi connectivity index (χ3v) is 1.53. The first-order valence-electron chi connectivity index (χ1n) is 3.47. The number of allylic oxidation sites excluding steroid dienone is 1. The minimum absolute atomic E-state index is 0. The van der Waals surface area contributed by atoms with Gasteiger partial charge in [-0.3, -0.25) is 4.99 Å². The van der Waals surface area contributed by atoms with E-state index in [2.05, 4.69) is 18.3 Å². The molecule has 0 unspecified atom stereocenters. The van der Waals surface area contributed by atoms with Crippen LogP contribution in [-0.4, -0.2) is 6.72 Å². The lowest BCUT2D eigenvalue weighted by Crippen LogP contribution is -1.77. The van der Waals surface area contributed by atoms with E-state index < -0.39 is 0 Å². The van der Waals surface area contributed by atoms with Gasteiger partial charge in [-0.25, -0.2) is 0 Å². The maximum atomic E-state index is 3.88. The topological polar surface area (TPSA) is 12.4 Å². The van der Waals surface area contributed by atoms with Crippen LogP contribution in [0.25, 0.3) is 5.57 Å². The van der Waals surface area contributed by atoms with E-state index in [1.807, 2.05) is 31.2 Å². The molecule has 0 saturated carbocycles. The Hall–Kier alpha value is -1.37. The van der Waals surface area contributed by atoms with Crippen LogP contribution in [0.3, 0.4) is 0 Å². The molecule has 1 aromatic rings. The highest BCUT2D eigenvalue weighted by Crippen LogP contribution is 2.23. The van der Waals surface area contributed by atoms with Crippen LogP contribution in [0.4, 0.5) is 5.69 Å². The summed E-state index contributed by atoms with van der Waals surface area (Å²) in [5.41, 5.74) is 3.00. The lowest BCUT2D eigenvalue weighted by molar-refractivity contribution is 1.49. The molecule has 0 atom stereocenters. The van der Waals surface area contributed by atoms with Crippen molar-refractivity contribution in [1.29, 1.82) is 0 Å². The first kappa shape index (κ1) is 10.6. The highest BCUT2D eigenvalue weighted by molar-refractivity contribution is 5.72. The van der Waals surface area contributed by atoms with Gasteiger partial charge in [0.25, 0.3) is 0 Å². The van der Waals surface area contributed by atoms with Crippen molar-refractivity contribution in [2.24, 2.45) is 4.99 Å². The monoisotopic (exact) mass is 161 g/mol. The fourth-order valence-electron chi connectivity index (χ4n) is 0.972. The van der Waals surface area contributed by atoms with E-state index in [0.717, 1.165) is 16.8 Å². The van der Waals surface area contributed by atoms with Crippen molar-refractivity contribution in [3.63, 3.8) is 0 Å². The number of nitrogens with zero attached hydrogens (tertiary/aromatic N) is 1. The highest BCUT2D eigenvalue weighted by atomic mass is 14.7. The first-order valence-corrected chi connectivity index (χ1v) is 3.47. The molecular formula is C11H15N. The molecule has 1 nitrogen and oxygen atoms in total. The van der Waals surface area contributed by atoms with Crippen molar-refractivity contribution < 1.29 is 0 Å². The number of hydrogen-bond donors (Lipinski definition) is 0. The molecule has 0 aliphatic rings. The molecule has 0 bridgehead atoms. The molecule has 1 heteroatoms. The van der Waals surface area contributed by atoms with Crippen LogP contribution < -0.4 is 0 Å². The Kier molecular flexibility index (Phi) is 3.98. The third-order valence-electron chi connectivity index (χ3n) is 1.53. The molecule has 0 aliphatic carbocycles. The van der Waals surface area contributed by atoms with Crippen molar-refractivity contribution in [3.05, 3.63) is 36.4 Å².